The summed E-state index contributed by atoms with van der Waals surface area (Å²) in [5, 5.41) is 24.8. The van der Waals surface area contributed by atoms with Crippen LogP contribution in [0.2, 0.25) is 0 Å². The quantitative estimate of drug-likeness (QED) is 0.0457. The van der Waals surface area contributed by atoms with Crippen LogP contribution in [0.5, 0.6) is 0 Å². The van der Waals surface area contributed by atoms with Crippen LogP contribution in [0.1, 0.15) is 178 Å². The Labute approximate surface area is 590 Å². The monoisotopic (exact) mass is 1370 g/mol. The van der Waals surface area contributed by atoms with Crippen molar-refractivity contribution in [3.63, 3.8) is 0 Å². The molecule has 0 unspecified atom stereocenters. The second kappa shape index (κ2) is 47.8. The van der Waals surface area contributed by atoms with Gasteiger partial charge in [0.05, 0.1) is 50.7 Å². The van der Waals surface area contributed by atoms with E-state index in [1.54, 1.807) is 45.1 Å². The fraction of sp³-hybridized carbons (Fsp3) is 0.450. The maximum Gasteiger partial charge on any atom is 1.00 e. The third-order valence-corrected chi connectivity index (χ3v) is 16.4. The molecule has 28 heteroatoms. The number of anilines is 4. The number of aliphatic hydroxyl groups is 1. The van der Waals surface area contributed by atoms with E-state index in [4.69, 9.17) is 46.1 Å². The molecule has 484 valence electrons. The van der Waals surface area contributed by atoms with Crippen molar-refractivity contribution >= 4 is 158 Å². The van der Waals surface area contributed by atoms with E-state index in [-0.39, 0.29) is 105 Å². The van der Waals surface area contributed by atoms with Crippen molar-refractivity contribution in [1.82, 2.24) is 0 Å². The summed E-state index contributed by atoms with van der Waals surface area (Å²) in [6.45, 7) is 13.4. The number of carbonyl (C=O) groups excluding carboxylic acids is 8. The number of rotatable bonds is 11. The van der Waals surface area contributed by atoms with Gasteiger partial charge in [0.2, 0.25) is 11.8 Å². The van der Waals surface area contributed by atoms with Crippen LogP contribution in [0.3, 0.4) is 0 Å². The van der Waals surface area contributed by atoms with Crippen molar-refractivity contribution in [2.45, 2.75) is 138 Å². The first-order chi connectivity index (χ1) is 42.8. The molecular formula is C60H84Cl2KN5O16S4. The van der Waals surface area contributed by atoms with Gasteiger partial charge in [0.1, 0.15) is 45.7 Å². The number of methoxy groups -OCH3 is 1. The van der Waals surface area contributed by atoms with Gasteiger partial charge in [-0.05, 0) is 122 Å². The zero-order valence-electron chi connectivity index (χ0n) is 55.2. The molecule has 2 amide bonds. The van der Waals surface area contributed by atoms with Gasteiger partial charge in [-0.2, -0.15) is 5.26 Å². The number of hydrogen-bond acceptors (Lipinski definition) is 22. The minimum atomic E-state index is -0.484. The fourth-order valence-corrected chi connectivity index (χ4v) is 13.1. The van der Waals surface area contributed by atoms with Crippen LogP contribution in [-0.2, 0) is 68.5 Å². The van der Waals surface area contributed by atoms with E-state index >= 15 is 0 Å². The second-order valence-corrected chi connectivity index (χ2v) is 22.5. The number of aryl methyl sites for hydroxylation is 2. The summed E-state index contributed by atoms with van der Waals surface area (Å²) >= 11 is 13.6. The smallest absolute Gasteiger partial charge is 0.870 e. The maximum atomic E-state index is 12.0. The summed E-state index contributed by atoms with van der Waals surface area (Å²) < 4.78 is 46.6. The van der Waals surface area contributed by atoms with Gasteiger partial charge in [0.15, 0.2) is 0 Å². The van der Waals surface area contributed by atoms with Crippen molar-refractivity contribution in [3.8, 4) is 6.07 Å². The van der Waals surface area contributed by atoms with E-state index in [2.05, 4.69) is 40.0 Å². The Bertz CT molecular complexity index is 3210. The number of nitrogens with zero attached hydrogens (tertiary/aromatic N) is 1. The Morgan fingerprint density at radius 2 is 0.966 bits per heavy atom. The maximum absolute atomic E-state index is 12.0. The molecule has 4 aromatic heterocycles. The summed E-state index contributed by atoms with van der Waals surface area (Å²) in [6.07, 6.45) is 13.6. The average Bonchev–Trinajstić information content (AvgIpc) is 1.87. The number of hydrogen-bond donors (Lipinski definition) is 5. The van der Waals surface area contributed by atoms with Crippen LogP contribution in [-0.4, -0.2) is 106 Å². The number of nitrogen functional groups attached to an aromatic ring is 2. The summed E-state index contributed by atoms with van der Waals surface area (Å²) in [4.78, 5) is 92.6. The molecule has 3 aliphatic rings. The standard InChI is InChI=1S/C13H17NO3S.C13H13NO3S.C11H15NO2S.C11H11NO2S.C6H10O.C4H5NO2.C2H6O.2ClH.K.2H2O.H2/c2*1-3-17-13(16)11-9-6-4-5-7-10(9)18-12(11)14-8(2)15;2*1-2-14-11(13)9-7-5-3-4-6-8(7)15-10(9)12;7-6-4-2-1-3-5-6;1-7-4(6)2-3-5;1-2-3;;;;;;/h3-7H2,1-2H3,(H,14,15);4-7H,3H2,1-2H3,(H,14,15);2-6,12H2,1H3;3-6H,2,12H2,1H3;1-5H2;2H2,1H3;3H,2H2,1H3;2*1H;;2*1H2;1H/q;;;;;;;;;+1;;;/p-1/i;;;;;;;;;;;;1+1D/hT2. The molecule has 1 saturated carbocycles. The van der Waals surface area contributed by atoms with Crippen molar-refractivity contribution in [3.05, 3.63) is 91.7 Å². The predicted molar refractivity (Wildman–Crippen MR) is 352 cm³/mol. The number of nitriles is 1. The molecule has 3 aliphatic carbocycles. The molecule has 4 heterocycles. The number of amides is 2. The number of halogens is 2. The number of carbonyl (C=O) groups is 8. The van der Waals surface area contributed by atoms with Crippen LogP contribution in [0, 0.1) is 11.3 Å². The third-order valence-electron chi connectivity index (χ3n) is 11.9. The van der Waals surface area contributed by atoms with Gasteiger partial charge in [-0.3, -0.25) is 19.2 Å². The van der Waals surface area contributed by atoms with Crippen molar-refractivity contribution < 1.29 is 132 Å². The first kappa shape index (κ1) is 80.9. The van der Waals surface area contributed by atoms with Crippen LogP contribution >= 0.6 is 70.0 Å². The molecule has 88 heavy (non-hydrogen) atoms. The Hall–Kier alpha value is -5.09. The molecule has 21 nitrogen and oxygen atoms in total. The molecule has 0 spiro atoms. The van der Waals surface area contributed by atoms with Crippen molar-refractivity contribution in [2.24, 2.45) is 0 Å². The van der Waals surface area contributed by atoms with E-state index in [1.165, 1.54) is 77.6 Å². The molecule has 0 bridgehead atoms. The number of fused-ring (bicyclic) bond motifs is 4. The number of ketones is 1. The number of nitrogens with one attached hydrogen (secondary N) is 2. The minimum absolute atomic E-state index is 0. The number of nitrogens with two attached hydrogens (primary N) is 2. The molecule has 0 atom stereocenters. The largest absolute Gasteiger partial charge is 1.00 e. The van der Waals surface area contributed by atoms with Gasteiger partial charge < -0.3 is 61.8 Å². The van der Waals surface area contributed by atoms with E-state index in [0.717, 1.165) is 102 Å². The number of thiophene rings is 4. The summed E-state index contributed by atoms with van der Waals surface area (Å²) in [5.74, 6) is -1.69. The molecule has 6 aromatic rings. The Morgan fingerprint density at radius 1 is 0.602 bits per heavy atom. The summed E-state index contributed by atoms with van der Waals surface area (Å²) in [7, 11) is 1.25. The Balaban J connectivity index is -0.000000501. The first-order valence-electron chi connectivity index (χ1n) is 29.2. The SMILES string of the molecule is CCO.CCOC(=O)c1c(N)sc2c1CCCC2.CCOC(=O)c1c(N)sc2ccccc12.CCOC(=O)c1c(NC(C)=O)sc2c1CCCC2.CCOC(=O)c1c(NC(C)=O)sc2ccccc12.COC(=O)CC#N.O.O=C1CCCCC1.[2H][2H].[3H]Cl.[3H]Cl.[K+].[OH-]. The first-order valence-corrected chi connectivity index (χ1v) is 30.8. The van der Waals surface area contributed by atoms with Crippen LogP contribution in [0.25, 0.3) is 20.2 Å². The van der Waals surface area contributed by atoms with Crippen LogP contribution in [0.4, 0.5) is 20.0 Å². The van der Waals surface area contributed by atoms with E-state index < -0.39 is 11.9 Å². The molecule has 0 aliphatic heterocycles. The van der Waals surface area contributed by atoms with Gasteiger partial charge in [-0.15, -0.1) is 70.0 Å². The van der Waals surface area contributed by atoms with Crippen molar-refractivity contribution in [2.75, 3.05) is 62.2 Å². The summed E-state index contributed by atoms with van der Waals surface area (Å²) in [5.41, 5.74) is 16.0. The summed E-state index contributed by atoms with van der Waals surface area (Å²) in [6, 6.07) is 16.8. The van der Waals surface area contributed by atoms with E-state index in [0.29, 0.717) is 74.5 Å². The minimum Gasteiger partial charge on any atom is -0.870 e. The zero-order chi connectivity index (χ0) is 67.4. The van der Waals surface area contributed by atoms with Gasteiger partial charge in [0, 0.05) is 66.2 Å². The van der Waals surface area contributed by atoms with E-state index in [1.807, 2.05) is 55.5 Å². The van der Waals surface area contributed by atoms with Gasteiger partial charge in [-0.1, -0.05) is 42.8 Å². The molecular weight excluding hydrogens is 1280 g/mol. The zero-order valence-corrected chi connectivity index (χ0v) is 59.1. The molecule has 10 N–H and O–H groups in total. The van der Waals surface area contributed by atoms with Crippen LogP contribution in [0.15, 0.2) is 48.5 Å². The number of benzene rings is 2. The fourth-order valence-electron chi connectivity index (χ4n) is 8.51. The number of ether oxygens (including phenoxy) is 5. The van der Waals surface area contributed by atoms with E-state index in [9.17, 15) is 38.4 Å². The average molecular weight is 1380 g/mol. The van der Waals surface area contributed by atoms with Crippen molar-refractivity contribution in [1.29, 1.82) is 7.61 Å². The molecule has 9 rings (SSSR count). The van der Waals surface area contributed by atoms with Gasteiger partial charge in [-0.25, -0.2) is 19.2 Å². The predicted octanol–water partition coefficient (Wildman–Crippen LogP) is 9.53. The number of esters is 5. The Kier molecular flexibility index (Phi) is 44.0. The second-order valence-electron chi connectivity index (χ2n) is 18.1. The number of Topliss-reactive ketones (excluding diaryl/α,β-unsaturated/α-hetero) is 1. The molecule has 0 radical (unpaired) electrons. The normalized spacial score (nSPS) is 12.0. The van der Waals surface area contributed by atoms with Crippen LogP contribution < -0.4 is 73.5 Å². The molecule has 1 fully saturated rings. The Morgan fingerprint density at radius 3 is 1.39 bits per heavy atom. The molecule has 2 aromatic carbocycles. The number of aliphatic hydroxyl groups excluding tert-OH is 1. The molecule has 0 saturated heterocycles. The topological polar surface area (TPSA) is 364 Å². The van der Waals surface area contributed by atoms with Gasteiger partial charge >= 0.3 is 81.2 Å². The van der Waals surface area contributed by atoms with Gasteiger partial charge in [0.25, 0.3) is 0 Å². The third kappa shape index (κ3) is 28.0.